The minimum absolute atomic E-state index is 0.0826. The second kappa shape index (κ2) is 8.21. The number of nitrogens with zero attached hydrogens (tertiary/aromatic N) is 2. The van der Waals surface area contributed by atoms with Gasteiger partial charge in [-0.15, -0.1) is 0 Å². The van der Waals surface area contributed by atoms with Gasteiger partial charge in [0, 0.05) is 30.2 Å². The van der Waals surface area contributed by atoms with Gasteiger partial charge in [0.25, 0.3) is 5.56 Å². The molecule has 1 N–H and O–H groups in total. The molecule has 0 bridgehead atoms. The number of aromatic nitrogens is 2. The van der Waals surface area contributed by atoms with Gasteiger partial charge < -0.3 is 14.3 Å². The summed E-state index contributed by atoms with van der Waals surface area (Å²) in [7, 11) is 0. The minimum atomic E-state index is -0.324. The molecule has 2 aromatic heterocycles. The lowest BCUT2D eigenvalue weighted by atomic mass is 10.2. The average Bonchev–Trinajstić information content (AvgIpc) is 3.19. The number of hydrogen-bond acceptors (Lipinski definition) is 2. The van der Waals surface area contributed by atoms with Crippen molar-refractivity contribution in [3.05, 3.63) is 87.0 Å². The van der Waals surface area contributed by atoms with Crippen molar-refractivity contribution in [1.29, 1.82) is 0 Å². The Bertz CT molecular complexity index is 1260. The molecule has 0 saturated heterocycles. The van der Waals surface area contributed by atoms with Gasteiger partial charge in [-0.05, 0) is 54.4 Å². The third-order valence-electron chi connectivity index (χ3n) is 4.87. The van der Waals surface area contributed by atoms with E-state index in [4.69, 9.17) is 0 Å². The van der Waals surface area contributed by atoms with Crippen LogP contribution in [-0.2, 0) is 17.9 Å². The van der Waals surface area contributed by atoms with E-state index in [1.165, 1.54) is 12.1 Å². The van der Waals surface area contributed by atoms with Gasteiger partial charge in [-0.2, -0.15) is 0 Å². The predicted molar refractivity (Wildman–Crippen MR) is 114 cm³/mol. The monoisotopic (exact) mass is 455 g/mol. The molecule has 4 rings (SSSR count). The van der Waals surface area contributed by atoms with E-state index in [0.717, 1.165) is 15.5 Å². The molecule has 4 aromatic rings. The van der Waals surface area contributed by atoms with E-state index in [2.05, 4.69) is 21.2 Å². The van der Waals surface area contributed by atoms with E-state index in [-0.39, 0.29) is 30.2 Å². The molecular weight excluding hydrogens is 437 g/mol. The summed E-state index contributed by atoms with van der Waals surface area (Å²) >= 11 is 3.47. The zero-order valence-corrected chi connectivity index (χ0v) is 17.2. The summed E-state index contributed by atoms with van der Waals surface area (Å²) < 4.78 is 17.7. The Balaban J connectivity index is 1.48. The highest BCUT2D eigenvalue weighted by molar-refractivity contribution is 9.10. The van der Waals surface area contributed by atoms with E-state index in [0.29, 0.717) is 24.0 Å². The Morgan fingerprint density at radius 1 is 1.03 bits per heavy atom. The normalized spacial score (nSPS) is 11.2. The maximum absolute atomic E-state index is 13.2. The molecule has 0 spiro atoms. The molecule has 7 heteroatoms. The highest BCUT2D eigenvalue weighted by atomic mass is 79.9. The van der Waals surface area contributed by atoms with Crippen LogP contribution in [0.25, 0.3) is 16.6 Å². The van der Waals surface area contributed by atoms with Gasteiger partial charge in [-0.1, -0.05) is 28.1 Å². The first-order chi connectivity index (χ1) is 14.0. The number of amides is 1. The van der Waals surface area contributed by atoms with Gasteiger partial charge in [0.15, 0.2) is 0 Å². The Morgan fingerprint density at radius 2 is 1.90 bits per heavy atom. The van der Waals surface area contributed by atoms with Crippen LogP contribution in [0.15, 0.2) is 70.1 Å². The van der Waals surface area contributed by atoms with E-state index >= 15 is 0 Å². The lowest BCUT2D eigenvalue weighted by molar-refractivity contribution is -0.121. The van der Waals surface area contributed by atoms with Crippen LogP contribution in [0.4, 0.5) is 4.39 Å². The van der Waals surface area contributed by atoms with Crippen LogP contribution in [0.5, 0.6) is 0 Å². The van der Waals surface area contributed by atoms with Gasteiger partial charge in [0.05, 0.1) is 11.0 Å². The lowest BCUT2D eigenvalue weighted by Gasteiger charge is -2.13. The van der Waals surface area contributed by atoms with Crippen LogP contribution in [0.2, 0.25) is 0 Å². The smallest absolute Gasteiger partial charge is 0.275 e. The van der Waals surface area contributed by atoms with Crippen molar-refractivity contribution in [3.63, 3.8) is 0 Å². The highest BCUT2D eigenvalue weighted by Gasteiger charge is 2.11. The number of carbonyl (C=O) groups is 1. The molecule has 0 aliphatic rings. The van der Waals surface area contributed by atoms with Gasteiger partial charge >= 0.3 is 0 Å². The number of carbonyl (C=O) groups excluding carboxylic acids is 1. The molecule has 0 radical (unpaired) electrons. The zero-order valence-electron chi connectivity index (χ0n) is 15.6. The number of hydrogen-bond donors (Lipinski definition) is 1. The molecule has 2 aromatic carbocycles. The number of nitrogens with one attached hydrogen (secondary N) is 1. The molecule has 0 aliphatic carbocycles. The van der Waals surface area contributed by atoms with Crippen molar-refractivity contribution in [2.24, 2.45) is 0 Å². The average molecular weight is 456 g/mol. The summed E-state index contributed by atoms with van der Waals surface area (Å²) in [4.78, 5) is 25.1. The first kappa shape index (κ1) is 19.4. The molecule has 0 saturated carbocycles. The summed E-state index contributed by atoms with van der Waals surface area (Å²) in [6.45, 7) is 0.712. The maximum atomic E-state index is 13.2. The zero-order chi connectivity index (χ0) is 20.4. The predicted octanol–water partition coefficient (Wildman–Crippen LogP) is 4.25. The molecule has 0 atom stereocenters. The molecule has 148 valence electrons. The van der Waals surface area contributed by atoms with Gasteiger partial charge in [-0.3, -0.25) is 9.59 Å². The number of benzene rings is 2. The van der Waals surface area contributed by atoms with Crippen molar-refractivity contribution < 1.29 is 9.18 Å². The topological polar surface area (TPSA) is 55.5 Å². The lowest BCUT2D eigenvalue weighted by Crippen LogP contribution is -2.25. The Kier molecular flexibility index (Phi) is 5.49. The molecular formula is C22H19BrFN3O2. The molecule has 5 nitrogen and oxygen atoms in total. The van der Waals surface area contributed by atoms with Crippen molar-refractivity contribution in [2.45, 2.75) is 25.9 Å². The second-order valence-electron chi connectivity index (χ2n) is 6.86. The number of halogens is 2. The molecule has 2 heterocycles. The Labute approximate surface area is 174 Å². The molecule has 0 aliphatic heterocycles. The van der Waals surface area contributed by atoms with Crippen LogP contribution >= 0.6 is 15.9 Å². The Hall–Kier alpha value is -2.93. The first-order valence-corrected chi connectivity index (χ1v) is 10.1. The fraction of sp³-hybridized carbons (Fsp3) is 0.182. The first-order valence-electron chi connectivity index (χ1n) is 9.33. The van der Waals surface area contributed by atoms with Crippen molar-refractivity contribution >= 4 is 38.4 Å². The van der Waals surface area contributed by atoms with Crippen LogP contribution in [0.1, 0.15) is 18.4 Å². The van der Waals surface area contributed by atoms with E-state index in [1.807, 2.05) is 34.9 Å². The van der Waals surface area contributed by atoms with E-state index in [9.17, 15) is 14.0 Å². The quantitative estimate of drug-likeness (QED) is 0.472. The molecule has 1 amide bonds. The SMILES string of the molecule is O=C(CCCn1c(=O)c2cccn2c2ccc(Br)cc21)NCc1cccc(F)c1. The summed E-state index contributed by atoms with van der Waals surface area (Å²) in [6, 6.07) is 15.6. The highest BCUT2D eigenvalue weighted by Crippen LogP contribution is 2.20. The molecule has 29 heavy (non-hydrogen) atoms. The van der Waals surface area contributed by atoms with Gasteiger partial charge in [0.2, 0.25) is 5.91 Å². The van der Waals surface area contributed by atoms with E-state index in [1.54, 1.807) is 22.8 Å². The second-order valence-corrected chi connectivity index (χ2v) is 7.78. The minimum Gasteiger partial charge on any atom is -0.352 e. The van der Waals surface area contributed by atoms with Gasteiger partial charge in [0.1, 0.15) is 11.3 Å². The third kappa shape index (κ3) is 4.10. The van der Waals surface area contributed by atoms with Crippen LogP contribution in [-0.4, -0.2) is 14.9 Å². The Morgan fingerprint density at radius 3 is 2.72 bits per heavy atom. The van der Waals surface area contributed by atoms with Crippen LogP contribution < -0.4 is 10.9 Å². The summed E-state index contributed by atoms with van der Waals surface area (Å²) in [5.74, 6) is -0.452. The number of fused-ring (bicyclic) bond motifs is 3. The summed E-state index contributed by atoms with van der Waals surface area (Å²) in [6.07, 6.45) is 2.67. The third-order valence-corrected chi connectivity index (χ3v) is 5.36. The largest absolute Gasteiger partial charge is 0.352 e. The standard InChI is InChI=1S/C22H19BrFN3O2/c23-16-8-9-18-20(13-16)27(22(29)19-6-2-10-26(18)19)11-3-7-21(28)25-14-15-4-1-5-17(24)12-15/h1-2,4-6,8-10,12-13H,3,7,11,14H2,(H,25,28). The van der Waals surface area contributed by atoms with Crippen molar-refractivity contribution in [3.8, 4) is 0 Å². The van der Waals surface area contributed by atoms with Crippen LogP contribution in [0, 0.1) is 5.82 Å². The molecule has 0 fully saturated rings. The fourth-order valence-corrected chi connectivity index (χ4v) is 3.83. The molecule has 0 unspecified atom stereocenters. The van der Waals surface area contributed by atoms with Crippen LogP contribution in [0.3, 0.4) is 0 Å². The van der Waals surface area contributed by atoms with E-state index < -0.39 is 0 Å². The fourth-order valence-electron chi connectivity index (χ4n) is 3.49. The number of rotatable bonds is 6. The maximum Gasteiger partial charge on any atom is 0.275 e. The number of aryl methyl sites for hydroxylation is 1. The summed E-state index contributed by atoms with van der Waals surface area (Å²) in [5, 5.41) is 2.79. The van der Waals surface area contributed by atoms with Crippen molar-refractivity contribution in [2.75, 3.05) is 0 Å². The van der Waals surface area contributed by atoms with Gasteiger partial charge in [-0.25, -0.2) is 4.39 Å². The summed E-state index contributed by atoms with van der Waals surface area (Å²) in [5.41, 5.74) is 2.98. The van der Waals surface area contributed by atoms with Crippen molar-refractivity contribution in [1.82, 2.24) is 14.3 Å².